The summed E-state index contributed by atoms with van der Waals surface area (Å²) in [6.07, 6.45) is -1.30. The van der Waals surface area contributed by atoms with Gasteiger partial charge in [-0.15, -0.1) is 0 Å². The van der Waals surface area contributed by atoms with E-state index in [0.717, 1.165) is 36.4 Å². The lowest BCUT2D eigenvalue weighted by Crippen LogP contribution is -2.57. The molecule has 1 aliphatic heterocycles. The summed E-state index contributed by atoms with van der Waals surface area (Å²) in [5.41, 5.74) is -0.866. The van der Waals surface area contributed by atoms with Crippen LogP contribution in [0.2, 0.25) is 0 Å². The van der Waals surface area contributed by atoms with Crippen molar-refractivity contribution in [2.75, 3.05) is 16.4 Å². The van der Waals surface area contributed by atoms with Crippen LogP contribution in [-0.4, -0.2) is 38.7 Å². The molecule has 0 radical (unpaired) electrons. The van der Waals surface area contributed by atoms with Gasteiger partial charge in [-0.05, 0) is 68.1 Å². The Morgan fingerprint density at radius 2 is 1.91 bits per heavy atom. The number of hydrogen-bond donors (Lipinski definition) is 2. The Labute approximate surface area is 188 Å². The van der Waals surface area contributed by atoms with E-state index in [2.05, 4.69) is 4.98 Å². The summed E-state index contributed by atoms with van der Waals surface area (Å²) in [6.45, 7) is 0.0980. The number of aromatic nitrogens is 1. The highest BCUT2D eigenvalue weighted by Gasteiger charge is 2.59. The van der Waals surface area contributed by atoms with Crippen molar-refractivity contribution in [3.8, 4) is 6.07 Å². The number of nitrogens with zero attached hydrogens (tertiary/aromatic N) is 4. The first-order chi connectivity index (χ1) is 15.2. The van der Waals surface area contributed by atoms with Crippen LogP contribution >= 0.6 is 12.2 Å². The summed E-state index contributed by atoms with van der Waals surface area (Å²) in [6, 6.07) is 9.85. The molecule has 1 saturated heterocycles. The largest absolute Gasteiger partial charge is 0.419 e. The van der Waals surface area contributed by atoms with Crippen LogP contribution in [0.15, 0.2) is 36.5 Å². The Morgan fingerprint density at radius 3 is 2.44 bits per heavy atom. The topological polar surface area (TPSA) is 83.6 Å². The minimum Gasteiger partial charge on any atom is -0.396 e. The average molecular weight is 462 g/mol. The first-order valence-electron chi connectivity index (χ1n) is 10.2. The van der Waals surface area contributed by atoms with Gasteiger partial charge in [0.25, 0.3) is 0 Å². The van der Waals surface area contributed by atoms with E-state index >= 15 is 0 Å². The van der Waals surface area contributed by atoms with Crippen LogP contribution in [-0.2, 0) is 12.6 Å². The molecule has 2 aromatic rings. The number of hydrogen-bond acceptors (Lipinski definition) is 5. The van der Waals surface area contributed by atoms with Crippen molar-refractivity contribution >= 4 is 28.7 Å². The molecule has 2 heterocycles. The molecule has 0 bridgehead atoms. The fourth-order valence-electron chi connectivity index (χ4n) is 4.38. The number of aryl methyl sites for hydroxylation is 1. The van der Waals surface area contributed by atoms with E-state index in [9.17, 15) is 18.3 Å². The number of benzene rings is 1. The van der Waals surface area contributed by atoms with E-state index in [1.807, 2.05) is 29.2 Å². The first-order valence-corrected chi connectivity index (χ1v) is 10.6. The number of rotatable bonds is 5. The summed E-state index contributed by atoms with van der Waals surface area (Å²) in [7, 11) is 0. The highest BCUT2D eigenvalue weighted by molar-refractivity contribution is 7.80. The number of aliphatic hydroxyl groups is 2. The number of alkyl halides is 3. The highest BCUT2D eigenvalue weighted by Crippen LogP contribution is 2.50. The maximum atomic E-state index is 13.5. The van der Waals surface area contributed by atoms with Crippen molar-refractivity contribution < 1.29 is 23.4 Å². The van der Waals surface area contributed by atoms with Crippen LogP contribution in [0.3, 0.4) is 0 Å². The summed E-state index contributed by atoms with van der Waals surface area (Å²) in [5.74, 6) is 0. The minimum absolute atomic E-state index is 0.0119. The number of anilines is 2. The smallest absolute Gasteiger partial charge is 0.396 e. The molecule has 1 saturated carbocycles. The quantitative estimate of drug-likeness (QED) is 0.655. The standard InChI is InChI=1S/C22H21F3N4O2S/c23-22(24,25)17-11-16(13-27-18(17)12-26)28-19(31)21(8-2-9-21)29(20(28)32)15-6-4-14(5-7-15)3-1-10-30/h4-7,11,13,19,30-31H,1-3,8-10H2. The fraction of sp³-hybridized carbons (Fsp3) is 0.409. The maximum Gasteiger partial charge on any atom is 0.419 e. The lowest BCUT2D eigenvalue weighted by Gasteiger charge is -2.46. The van der Waals surface area contributed by atoms with Gasteiger partial charge in [0, 0.05) is 12.3 Å². The lowest BCUT2D eigenvalue weighted by molar-refractivity contribution is -0.138. The molecule has 1 aromatic heterocycles. The molecule has 0 amide bonds. The third kappa shape index (κ3) is 3.60. The molecule has 6 nitrogen and oxygen atoms in total. The number of aliphatic hydroxyl groups excluding tert-OH is 2. The summed E-state index contributed by atoms with van der Waals surface area (Å²) in [4.78, 5) is 6.78. The van der Waals surface area contributed by atoms with Crippen LogP contribution in [0.5, 0.6) is 0 Å². The van der Waals surface area contributed by atoms with E-state index in [1.54, 1.807) is 0 Å². The Kier molecular flexibility index (Phi) is 5.83. The van der Waals surface area contributed by atoms with Gasteiger partial charge < -0.3 is 15.1 Å². The third-order valence-electron chi connectivity index (χ3n) is 6.17. The second kappa shape index (κ2) is 8.31. The van der Waals surface area contributed by atoms with E-state index in [4.69, 9.17) is 22.6 Å². The van der Waals surface area contributed by atoms with Crippen LogP contribution in [0, 0.1) is 11.3 Å². The van der Waals surface area contributed by atoms with Crippen LogP contribution in [0.25, 0.3) is 0 Å². The molecule has 1 spiro atoms. The van der Waals surface area contributed by atoms with Gasteiger partial charge >= 0.3 is 6.18 Å². The van der Waals surface area contributed by atoms with Gasteiger partial charge in [0.2, 0.25) is 0 Å². The average Bonchev–Trinajstić information content (AvgIpc) is 2.98. The molecule has 2 aliphatic rings. The molecule has 32 heavy (non-hydrogen) atoms. The third-order valence-corrected chi connectivity index (χ3v) is 6.55. The Bertz CT molecular complexity index is 1060. The fourth-order valence-corrected chi connectivity index (χ4v) is 4.88. The predicted molar refractivity (Wildman–Crippen MR) is 116 cm³/mol. The monoisotopic (exact) mass is 462 g/mol. The van der Waals surface area contributed by atoms with Crippen LogP contribution in [0.4, 0.5) is 24.5 Å². The van der Waals surface area contributed by atoms with Crippen molar-refractivity contribution in [1.82, 2.24) is 4.98 Å². The van der Waals surface area contributed by atoms with Crippen molar-refractivity contribution in [3.63, 3.8) is 0 Å². The minimum atomic E-state index is -4.77. The van der Waals surface area contributed by atoms with Gasteiger partial charge in [-0.2, -0.15) is 18.4 Å². The van der Waals surface area contributed by atoms with Gasteiger partial charge in [-0.3, -0.25) is 4.90 Å². The van der Waals surface area contributed by atoms with Gasteiger partial charge in [0.05, 0.1) is 23.0 Å². The van der Waals surface area contributed by atoms with Crippen molar-refractivity contribution in [2.45, 2.75) is 50.0 Å². The lowest BCUT2D eigenvalue weighted by atomic mass is 9.74. The molecule has 4 rings (SSSR count). The summed E-state index contributed by atoms with van der Waals surface area (Å²) in [5, 5.41) is 29.4. The predicted octanol–water partition coefficient (Wildman–Crippen LogP) is 3.75. The molecule has 1 aliphatic carbocycles. The van der Waals surface area contributed by atoms with Gasteiger partial charge in [0.15, 0.2) is 17.0 Å². The van der Waals surface area contributed by atoms with Gasteiger partial charge in [-0.25, -0.2) is 4.98 Å². The maximum absolute atomic E-state index is 13.5. The van der Waals surface area contributed by atoms with Gasteiger partial charge in [0.1, 0.15) is 6.07 Å². The van der Waals surface area contributed by atoms with E-state index in [-0.39, 0.29) is 17.4 Å². The molecule has 1 aromatic carbocycles. The van der Waals surface area contributed by atoms with Crippen LogP contribution in [0.1, 0.15) is 42.5 Å². The van der Waals surface area contributed by atoms with Crippen molar-refractivity contribution in [1.29, 1.82) is 5.26 Å². The zero-order chi connectivity index (χ0) is 23.1. The second-order valence-electron chi connectivity index (χ2n) is 8.01. The van der Waals surface area contributed by atoms with Crippen molar-refractivity contribution in [3.05, 3.63) is 53.3 Å². The molecule has 1 atom stereocenters. The van der Waals surface area contributed by atoms with Crippen molar-refractivity contribution in [2.24, 2.45) is 0 Å². The summed E-state index contributed by atoms with van der Waals surface area (Å²) < 4.78 is 40.4. The molecule has 10 heteroatoms. The zero-order valence-electron chi connectivity index (χ0n) is 17.0. The van der Waals surface area contributed by atoms with E-state index in [1.165, 1.54) is 11.0 Å². The molecule has 1 unspecified atom stereocenters. The zero-order valence-corrected chi connectivity index (χ0v) is 17.8. The Balaban J connectivity index is 1.72. The number of pyridine rings is 1. The number of halogens is 3. The number of nitriles is 1. The summed E-state index contributed by atoms with van der Waals surface area (Å²) >= 11 is 5.64. The normalized spacial score (nSPS) is 19.9. The molecular weight excluding hydrogens is 441 g/mol. The van der Waals surface area contributed by atoms with Crippen LogP contribution < -0.4 is 9.80 Å². The molecule has 2 fully saturated rings. The van der Waals surface area contributed by atoms with E-state index < -0.39 is 29.2 Å². The number of thiocarbonyl (C=S) groups is 1. The molecule has 2 N–H and O–H groups in total. The molecular formula is C22H21F3N4O2S. The first kappa shape index (κ1) is 22.5. The molecule has 168 valence electrons. The highest BCUT2D eigenvalue weighted by atomic mass is 32.1. The van der Waals surface area contributed by atoms with Gasteiger partial charge in [-0.1, -0.05) is 12.1 Å². The van der Waals surface area contributed by atoms with E-state index in [0.29, 0.717) is 19.3 Å². The Hall–Kier alpha value is -2.74. The second-order valence-corrected chi connectivity index (χ2v) is 8.38. The SMILES string of the molecule is N#Cc1ncc(N2C(=S)N(c3ccc(CCCO)cc3)C3(CCC3)C2O)cc1C(F)(F)F. The Morgan fingerprint density at radius 1 is 1.22 bits per heavy atom.